The molecule has 1 aromatic carbocycles. The van der Waals surface area contributed by atoms with Gasteiger partial charge in [0.15, 0.2) is 0 Å². The molecule has 0 saturated heterocycles. The van der Waals surface area contributed by atoms with Gasteiger partial charge < -0.3 is 4.43 Å². The molecule has 2 rings (SSSR count). The number of hydrogen-bond donors (Lipinski definition) is 0. The van der Waals surface area contributed by atoms with Gasteiger partial charge in [0.05, 0.1) is 0 Å². The van der Waals surface area contributed by atoms with Gasteiger partial charge in [-0.15, -0.1) is 0 Å². The molecule has 20 heavy (non-hydrogen) atoms. The van der Waals surface area contributed by atoms with E-state index in [1.54, 1.807) is 6.20 Å². The highest BCUT2D eigenvalue weighted by molar-refractivity contribution is 6.49. The molecule has 3 nitrogen and oxygen atoms in total. The molecule has 1 radical (unpaired) electrons. The van der Waals surface area contributed by atoms with Crippen LogP contribution in [0.3, 0.4) is 0 Å². The van der Waals surface area contributed by atoms with Crippen LogP contribution in [0.2, 0.25) is 13.1 Å². The maximum atomic E-state index is 5.90. The summed E-state index contributed by atoms with van der Waals surface area (Å²) >= 11 is 0. The number of benzene rings is 1. The van der Waals surface area contributed by atoms with Crippen LogP contribution in [0.4, 0.5) is 5.69 Å². The summed E-state index contributed by atoms with van der Waals surface area (Å²) in [5.74, 6) is 0.876. The second kappa shape index (κ2) is 7.00. The van der Waals surface area contributed by atoms with Crippen molar-refractivity contribution in [2.75, 3.05) is 0 Å². The Bertz CT molecular complexity index is 582. The smallest absolute Gasteiger partial charge is 0.274 e. The van der Waals surface area contributed by atoms with Crippen LogP contribution in [0.15, 0.2) is 47.6 Å². The Kier molecular flexibility index (Phi) is 5.07. The Morgan fingerprint density at radius 3 is 2.75 bits per heavy atom. The molecule has 103 valence electrons. The number of hydrogen-bond acceptors (Lipinski definition) is 3. The monoisotopic (exact) mass is 283 g/mol. The summed E-state index contributed by atoms with van der Waals surface area (Å²) in [6, 6.07) is 11.9. The summed E-state index contributed by atoms with van der Waals surface area (Å²) in [6.07, 6.45) is 4.42. The zero-order valence-corrected chi connectivity index (χ0v) is 13.1. The summed E-state index contributed by atoms with van der Waals surface area (Å²) in [7, 11) is -0.788. The quantitative estimate of drug-likeness (QED) is 0.615. The third kappa shape index (κ3) is 4.03. The molecule has 0 unspecified atom stereocenters. The van der Waals surface area contributed by atoms with Gasteiger partial charge in [-0.05, 0) is 43.8 Å². The average molecular weight is 283 g/mol. The molecule has 2 aromatic rings. The average Bonchev–Trinajstić information content (AvgIpc) is 2.42. The third-order valence-electron chi connectivity index (χ3n) is 2.76. The summed E-state index contributed by atoms with van der Waals surface area (Å²) in [5, 5.41) is 0. The molecule has 1 aromatic heterocycles. The zero-order valence-electron chi connectivity index (χ0n) is 12.1. The van der Waals surface area contributed by atoms with Crippen molar-refractivity contribution in [1.82, 2.24) is 4.98 Å². The van der Waals surface area contributed by atoms with Crippen LogP contribution in [0.1, 0.15) is 11.3 Å². The van der Waals surface area contributed by atoms with Gasteiger partial charge in [-0.3, -0.25) is 9.98 Å². The summed E-state index contributed by atoms with van der Waals surface area (Å²) in [6.45, 7) is 6.29. The molecule has 0 aliphatic heterocycles. The lowest BCUT2D eigenvalue weighted by atomic mass is 10.2. The van der Waals surface area contributed by atoms with Gasteiger partial charge in [-0.2, -0.15) is 0 Å². The van der Waals surface area contributed by atoms with Gasteiger partial charge in [0, 0.05) is 24.5 Å². The van der Waals surface area contributed by atoms with Crippen LogP contribution in [0.5, 0.6) is 5.75 Å². The van der Waals surface area contributed by atoms with Gasteiger partial charge in [-0.1, -0.05) is 18.2 Å². The van der Waals surface area contributed by atoms with E-state index in [2.05, 4.69) is 36.1 Å². The lowest BCUT2D eigenvalue weighted by molar-refractivity contribution is 0.581. The maximum Gasteiger partial charge on any atom is 0.274 e. The predicted molar refractivity (Wildman–Crippen MR) is 85.4 cm³/mol. The van der Waals surface area contributed by atoms with Crippen LogP contribution >= 0.6 is 0 Å². The first-order valence-corrected chi connectivity index (χ1v) is 9.07. The first kappa shape index (κ1) is 14.5. The van der Waals surface area contributed by atoms with E-state index in [1.807, 2.05) is 36.5 Å². The maximum absolute atomic E-state index is 5.90. The van der Waals surface area contributed by atoms with E-state index in [1.165, 1.54) is 0 Å². The number of aliphatic imine (C=N–C) groups is 1. The third-order valence-corrected chi connectivity index (χ3v) is 3.39. The molecule has 0 saturated carbocycles. The molecule has 0 bridgehead atoms. The minimum atomic E-state index is -0.788. The van der Waals surface area contributed by atoms with Gasteiger partial charge in [0.25, 0.3) is 9.04 Å². The molecule has 0 aliphatic rings. The fourth-order valence-corrected chi connectivity index (χ4v) is 2.45. The van der Waals surface area contributed by atoms with Crippen molar-refractivity contribution in [2.45, 2.75) is 26.4 Å². The zero-order chi connectivity index (χ0) is 14.4. The van der Waals surface area contributed by atoms with Crippen molar-refractivity contribution in [2.24, 2.45) is 4.99 Å². The molecule has 1 heterocycles. The van der Waals surface area contributed by atoms with Crippen molar-refractivity contribution in [3.63, 3.8) is 0 Å². The van der Waals surface area contributed by atoms with E-state index in [0.717, 1.165) is 29.1 Å². The lowest BCUT2D eigenvalue weighted by Gasteiger charge is -2.12. The van der Waals surface area contributed by atoms with Gasteiger partial charge in [0.2, 0.25) is 0 Å². The first-order valence-electron chi connectivity index (χ1n) is 6.67. The molecule has 0 atom stereocenters. The lowest BCUT2D eigenvalue weighted by Crippen LogP contribution is -2.11. The van der Waals surface area contributed by atoms with E-state index in [9.17, 15) is 0 Å². The summed E-state index contributed by atoms with van der Waals surface area (Å²) in [4.78, 5) is 8.87. The fourth-order valence-electron chi connectivity index (χ4n) is 1.85. The Balaban J connectivity index is 2.15. The van der Waals surface area contributed by atoms with Crippen LogP contribution in [0.25, 0.3) is 0 Å². The molecular formula is C16H19N2OSi. The number of para-hydroxylation sites is 1. The topological polar surface area (TPSA) is 34.5 Å². The van der Waals surface area contributed by atoms with Crippen molar-refractivity contribution < 1.29 is 4.43 Å². The molecule has 0 amide bonds. The highest BCUT2D eigenvalue weighted by Gasteiger charge is 2.07. The largest absolute Gasteiger partial charge is 0.541 e. The second-order valence-corrected chi connectivity index (χ2v) is 6.79. The molecular weight excluding hydrogens is 264 g/mol. The number of aromatic nitrogens is 1. The van der Waals surface area contributed by atoms with Gasteiger partial charge >= 0.3 is 0 Å². The van der Waals surface area contributed by atoms with Crippen LogP contribution in [0, 0.1) is 6.92 Å². The number of pyridine rings is 1. The van der Waals surface area contributed by atoms with E-state index >= 15 is 0 Å². The number of rotatable bonds is 5. The van der Waals surface area contributed by atoms with Crippen molar-refractivity contribution >= 4 is 20.9 Å². The highest BCUT2D eigenvalue weighted by Crippen LogP contribution is 2.31. The van der Waals surface area contributed by atoms with Crippen LogP contribution < -0.4 is 4.43 Å². The number of aryl methyl sites for hydroxylation is 1. The van der Waals surface area contributed by atoms with Crippen LogP contribution in [-0.2, 0) is 6.42 Å². The summed E-state index contributed by atoms with van der Waals surface area (Å²) in [5.41, 5.74) is 3.07. The Morgan fingerprint density at radius 1 is 1.20 bits per heavy atom. The Hall–Kier alpha value is -1.94. The van der Waals surface area contributed by atoms with Crippen molar-refractivity contribution in [3.8, 4) is 5.75 Å². The minimum absolute atomic E-state index is 0.727. The van der Waals surface area contributed by atoms with E-state index in [4.69, 9.17) is 4.43 Å². The highest BCUT2D eigenvalue weighted by atomic mass is 28.3. The standard InChI is InChI=1S/C16H19N2OSi/c1-13-7-6-9-15(19-20(2)3)16(13)18-12-10-14-8-4-5-11-17-14/h4-9,11-12H,10H2,1-3H3. The molecule has 0 spiro atoms. The van der Waals surface area contributed by atoms with E-state index < -0.39 is 9.04 Å². The fraction of sp³-hybridized carbons (Fsp3) is 0.250. The van der Waals surface area contributed by atoms with E-state index in [-0.39, 0.29) is 0 Å². The van der Waals surface area contributed by atoms with E-state index in [0.29, 0.717) is 0 Å². The second-order valence-electron chi connectivity index (χ2n) is 4.77. The molecule has 0 aliphatic carbocycles. The normalized spacial score (nSPS) is 11.2. The summed E-state index contributed by atoms with van der Waals surface area (Å²) < 4.78 is 5.90. The molecule has 0 N–H and O–H groups in total. The Labute approximate surface area is 122 Å². The molecule has 0 fully saturated rings. The number of nitrogens with zero attached hydrogens (tertiary/aromatic N) is 2. The Morgan fingerprint density at radius 2 is 2.05 bits per heavy atom. The van der Waals surface area contributed by atoms with Crippen molar-refractivity contribution in [3.05, 3.63) is 53.9 Å². The van der Waals surface area contributed by atoms with Gasteiger partial charge in [-0.25, -0.2) is 0 Å². The SMILES string of the molecule is Cc1cccc(O[Si](C)C)c1N=CCc1ccccn1. The minimum Gasteiger partial charge on any atom is -0.541 e. The first-order chi connectivity index (χ1) is 9.66. The van der Waals surface area contributed by atoms with Gasteiger partial charge in [0.1, 0.15) is 11.4 Å². The predicted octanol–water partition coefficient (Wildman–Crippen LogP) is 3.96. The van der Waals surface area contributed by atoms with Crippen molar-refractivity contribution in [1.29, 1.82) is 0 Å². The van der Waals surface area contributed by atoms with Crippen LogP contribution in [-0.4, -0.2) is 20.2 Å². The molecule has 4 heteroatoms.